The highest BCUT2D eigenvalue weighted by Gasteiger charge is 2.54. The Kier molecular flexibility index (Phi) is 6.22. The van der Waals surface area contributed by atoms with E-state index in [1.807, 2.05) is 13.0 Å². The van der Waals surface area contributed by atoms with Gasteiger partial charge in [0, 0.05) is 13.3 Å². The zero-order valence-corrected chi connectivity index (χ0v) is 15.5. The van der Waals surface area contributed by atoms with Crippen molar-refractivity contribution in [2.75, 3.05) is 0 Å². The van der Waals surface area contributed by atoms with Crippen molar-refractivity contribution in [2.24, 2.45) is 5.41 Å². The van der Waals surface area contributed by atoms with Gasteiger partial charge in [0.1, 0.15) is 12.2 Å². The third-order valence-corrected chi connectivity index (χ3v) is 4.82. The molecular formula is C20H28O5. The summed E-state index contributed by atoms with van der Waals surface area (Å²) in [4.78, 5) is 23.2. The SMILES string of the molecule is CC(=O)O[C@@H]1C=C[C@@H](O)C2(CC(=O)O[C@@H]2/C=C(\C)CCC=C(C)C)C1. The lowest BCUT2D eigenvalue weighted by molar-refractivity contribution is -0.148. The van der Waals surface area contributed by atoms with Crippen molar-refractivity contribution in [1.29, 1.82) is 0 Å². The first-order valence-corrected chi connectivity index (χ1v) is 8.76. The van der Waals surface area contributed by atoms with Crippen molar-refractivity contribution < 1.29 is 24.2 Å². The topological polar surface area (TPSA) is 72.8 Å². The molecule has 1 fully saturated rings. The molecule has 0 aromatic carbocycles. The molecule has 0 amide bonds. The van der Waals surface area contributed by atoms with Crippen LogP contribution < -0.4 is 0 Å². The maximum absolute atomic E-state index is 12.0. The van der Waals surface area contributed by atoms with Gasteiger partial charge in [0.05, 0.1) is 17.9 Å². The number of cyclic esters (lactones) is 1. The molecular weight excluding hydrogens is 320 g/mol. The summed E-state index contributed by atoms with van der Waals surface area (Å²) in [7, 11) is 0. The highest BCUT2D eigenvalue weighted by atomic mass is 16.6. The monoisotopic (exact) mass is 348 g/mol. The maximum Gasteiger partial charge on any atom is 0.307 e. The fourth-order valence-corrected chi connectivity index (χ4v) is 3.54. The number of aliphatic hydroxyl groups is 1. The van der Waals surface area contributed by atoms with Crippen molar-refractivity contribution in [3.8, 4) is 0 Å². The summed E-state index contributed by atoms with van der Waals surface area (Å²) >= 11 is 0. The van der Waals surface area contributed by atoms with E-state index < -0.39 is 23.7 Å². The Balaban J connectivity index is 2.19. The summed E-state index contributed by atoms with van der Waals surface area (Å²) in [6, 6.07) is 0. The number of rotatable bonds is 5. The van der Waals surface area contributed by atoms with E-state index in [0.29, 0.717) is 6.42 Å². The molecule has 5 heteroatoms. The van der Waals surface area contributed by atoms with Crippen LogP contribution in [0, 0.1) is 5.41 Å². The summed E-state index contributed by atoms with van der Waals surface area (Å²) in [5.74, 6) is -0.703. The number of aliphatic hydroxyl groups excluding tert-OH is 1. The van der Waals surface area contributed by atoms with Gasteiger partial charge in [-0.1, -0.05) is 23.3 Å². The Morgan fingerprint density at radius 3 is 2.72 bits per heavy atom. The van der Waals surface area contributed by atoms with Gasteiger partial charge in [0.25, 0.3) is 0 Å². The predicted molar refractivity (Wildman–Crippen MR) is 94.7 cm³/mol. The molecule has 4 atom stereocenters. The molecule has 0 radical (unpaired) electrons. The van der Waals surface area contributed by atoms with Gasteiger partial charge in [-0.15, -0.1) is 0 Å². The van der Waals surface area contributed by atoms with E-state index in [0.717, 1.165) is 18.4 Å². The van der Waals surface area contributed by atoms with E-state index in [4.69, 9.17) is 9.47 Å². The number of esters is 2. The first-order valence-electron chi connectivity index (χ1n) is 8.76. The first kappa shape index (κ1) is 19.4. The van der Waals surface area contributed by atoms with Crippen molar-refractivity contribution in [3.05, 3.63) is 35.5 Å². The average Bonchev–Trinajstić information content (AvgIpc) is 2.78. The molecule has 5 nitrogen and oxygen atoms in total. The molecule has 1 saturated heterocycles. The molecule has 1 aliphatic carbocycles. The molecule has 25 heavy (non-hydrogen) atoms. The van der Waals surface area contributed by atoms with Crippen LogP contribution in [0.1, 0.15) is 53.4 Å². The minimum atomic E-state index is -0.808. The van der Waals surface area contributed by atoms with Gasteiger partial charge in [-0.05, 0) is 45.8 Å². The Morgan fingerprint density at radius 1 is 1.36 bits per heavy atom. The van der Waals surface area contributed by atoms with Crippen LogP contribution in [-0.2, 0) is 19.1 Å². The maximum atomic E-state index is 12.0. The van der Waals surface area contributed by atoms with Crippen LogP contribution in [0.25, 0.3) is 0 Å². The Bertz CT molecular complexity index is 612. The summed E-state index contributed by atoms with van der Waals surface area (Å²) in [6.45, 7) is 7.49. The van der Waals surface area contributed by atoms with Crippen LogP contribution >= 0.6 is 0 Å². The molecule has 1 spiro atoms. The second-order valence-corrected chi connectivity index (χ2v) is 7.34. The van der Waals surface area contributed by atoms with Crippen molar-refractivity contribution >= 4 is 11.9 Å². The van der Waals surface area contributed by atoms with E-state index in [-0.39, 0.29) is 18.4 Å². The van der Waals surface area contributed by atoms with Gasteiger partial charge < -0.3 is 14.6 Å². The average molecular weight is 348 g/mol. The number of hydrogen-bond acceptors (Lipinski definition) is 5. The van der Waals surface area contributed by atoms with Crippen LogP contribution in [-0.4, -0.2) is 35.4 Å². The molecule has 1 unspecified atom stereocenters. The zero-order chi connectivity index (χ0) is 18.6. The first-order chi connectivity index (χ1) is 11.7. The lowest BCUT2D eigenvalue weighted by Gasteiger charge is -2.39. The molecule has 0 aromatic rings. The third kappa shape index (κ3) is 4.82. The van der Waals surface area contributed by atoms with Gasteiger partial charge in [-0.2, -0.15) is 0 Å². The van der Waals surface area contributed by atoms with E-state index in [1.54, 1.807) is 12.2 Å². The van der Waals surface area contributed by atoms with E-state index in [9.17, 15) is 14.7 Å². The Labute approximate surface area is 149 Å². The number of carbonyl (C=O) groups is 2. The smallest absolute Gasteiger partial charge is 0.307 e. The molecule has 1 aliphatic heterocycles. The summed E-state index contributed by atoms with van der Waals surface area (Å²) in [5, 5.41) is 10.6. The van der Waals surface area contributed by atoms with Crippen LogP contribution in [0.2, 0.25) is 0 Å². The molecule has 0 saturated carbocycles. The minimum absolute atomic E-state index is 0.124. The second kappa shape index (κ2) is 8.00. The van der Waals surface area contributed by atoms with Gasteiger partial charge in [-0.3, -0.25) is 9.59 Å². The van der Waals surface area contributed by atoms with Gasteiger partial charge in [-0.25, -0.2) is 0 Å². The summed E-state index contributed by atoms with van der Waals surface area (Å²) in [6.07, 6.45) is 7.93. The minimum Gasteiger partial charge on any atom is -0.458 e. The van der Waals surface area contributed by atoms with Crippen molar-refractivity contribution in [1.82, 2.24) is 0 Å². The summed E-state index contributed by atoms with van der Waals surface area (Å²) in [5.41, 5.74) is 1.61. The molecule has 1 heterocycles. The lowest BCUT2D eigenvalue weighted by atomic mass is 9.68. The standard InChI is InChI=1S/C20H28O5/c1-13(2)6-5-7-14(3)10-18-20(12-19(23)25-18)11-16(24-15(4)21)8-9-17(20)22/h6,8-10,16-18,22H,5,7,11-12H2,1-4H3/b14-10+/t16-,17-,18-,20?/m1/s1. The number of allylic oxidation sites excluding steroid dienone is 3. The largest absolute Gasteiger partial charge is 0.458 e. The van der Waals surface area contributed by atoms with Crippen LogP contribution in [0.15, 0.2) is 35.5 Å². The number of hydrogen-bond donors (Lipinski definition) is 1. The van der Waals surface area contributed by atoms with Crippen LogP contribution in [0.5, 0.6) is 0 Å². The Morgan fingerprint density at radius 2 is 2.08 bits per heavy atom. The van der Waals surface area contributed by atoms with Crippen LogP contribution in [0.3, 0.4) is 0 Å². The van der Waals surface area contributed by atoms with E-state index >= 15 is 0 Å². The number of ether oxygens (including phenoxy) is 2. The Hall–Kier alpha value is -1.88. The highest BCUT2D eigenvalue weighted by Crippen LogP contribution is 2.47. The molecule has 138 valence electrons. The van der Waals surface area contributed by atoms with E-state index in [2.05, 4.69) is 19.9 Å². The summed E-state index contributed by atoms with van der Waals surface area (Å²) < 4.78 is 10.8. The molecule has 0 bridgehead atoms. The van der Waals surface area contributed by atoms with Gasteiger partial charge >= 0.3 is 11.9 Å². The van der Waals surface area contributed by atoms with E-state index in [1.165, 1.54) is 12.5 Å². The molecule has 2 rings (SSSR count). The fraction of sp³-hybridized carbons (Fsp3) is 0.600. The third-order valence-electron chi connectivity index (χ3n) is 4.82. The molecule has 1 N–H and O–H groups in total. The van der Waals surface area contributed by atoms with Crippen molar-refractivity contribution in [2.45, 2.75) is 71.7 Å². The number of carbonyl (C=O) groups excluding carboxylic acids is 2. The van der Waals surface area contributed by atoms with Crippen molar-refractivity contribution in [3.63, 3.8) is 0 Å². The lowest BCUT2D eigenvalue weighted by Crippen LogP contribution is -2.46. The quantitative estimate of drug-likeness (QED) is 0.610. The molecule has 2 aliphatic rings. The zero-order valence-electron chi connectivity index (χ0n) is 15.5. The normalized spacial score (nSPS) is 31.8. The highest BCUT2D eigenvalue weighted by molar-refractivity contribution is 5.74. The predicted octanol–water partition coefficient (Wildman–Crippen LogP) is 3.23. The van der Waals surface area contributed by atoms with Gasteiger partial charge in [0.15, 0.2) is 0 Å². The second-order valence-electron chi connectivity index (χ2n) is 7.34. The molecule has 0 aromatic heterocycles. The van der Waals surface area contributed by atoms with Crippen LogP contribution in [0.4, 0.5) is 0 Å². The van der Waals surface area contributed by atoms with Gasteiger partial charge in [0.2, 0.25) is 0 Å². The fourth-order valence-electron chi connectivity index (χ4n) is 3.54.